The number of hydrogen-bond acceptors (Lipinski definition) is 1. The number of nitrogens with two attached hydrogens (primary N) is 1. The van der Waals surface area contributed by atoms with Crippen molar-refractivity contribution in [2.45, 2.75) is 44.6 Å². The maximum absolute atomic E-state index is 5.90. The van der Waals surface area contributed by atoms with Gasteiger partial charge in [0.2, 0.25) is 0 Å². The molecular formula is C9H17N. The van der Waals surface area contributed by atoms with Crippen LogP contribution in [0, 0.1) is 11.8 Å². The van der Waals surface area contributed by atoms with Gasteiger partial charge < -0.3 is 5.73 Å². The Kier molecular flexibility index (Phi) is 1.69. The molecule has 2 aliphatic carbocycles. The highest BCUT2D eigenvalue weighted by atomic mass is 14.7. The Labute approximate surface area is 63.0 Å². The average Bonchev–Trinajstić information content (AvgIpc) is 2.09. The summed E-state index contributed by atoms with van der Waals surface area (Å²) in [5.41, 5.74) is 5.90. The third kappa shape index (κ3) is 0.968. The molecule has 2 saturated carbocycles. The van der Waals surface area contributed by atoms with E-state index in [1.165, 1.54) is 38.5 Å². The molecule has 0 aromatic rings. The fraction of sp³-hybridized carbons (Fsp3) is 1.00. The first-order chi connectivity index (χ1) is 4.88. The molecule has 0 unspecified atom stereocenters. The van der Waals surface area contributed by atoms with Crippen LogP contribution in [0.3, 0.4) is 0 Å². The van der Waals surface area contributed by atoms with Crippen LogP contribution in [0.2, 0.25) is 0 Å². The highest BCUT2D eigenvalue weighted by molar-refractivity contribution is 4.92. The van der Waals surface area contributed by atoms with Crippen LogP contribution in [0.1, 0.15) is 38.5 Å². The summed E-state index contributed by atoms with van der Waals surface area (Å²) >= 11 is 0. The predicted octanol–water partition coefficient (Wildman–Crippen LogP) is 1.91. The zero-order chi connectivity index (χ0) is 6.97. The second kappa shape index (κ2) is 2.54. The van der Waals surface area contributed by atoms with Gasteiger partial charge in [0.15, 0.2) is 0 Å². The van der Waals surface area contributed by atoms with Crippen molar-refractivity contribution < 1.29 is 0 Å². The van der Waals surface area contributed by atoms with E-state index in [4.69, 9.17) is 5.73 Å². The molecule has 2 N–H and O–H groups in total. The zero-order valence-corrected chi connectivity index (χ0v) is 6.55. The lowest BCUT2D eigenvalue weighted by Crippen LogP contribution is -2.46. The van der Waals surface area contributed by atoms with Gasteiger partial charge in [0.1, 0.15) is 0 Å². The zero-order valence-electron chi connectivity index (χ0n) is 6.55. The molecule has 0 aromatic carbocycles. The molecule has 1 heteroatoms. The van der Waals surface area contributed by atoms with Crippen LogP contribution >= 0.6 is 0 Å². The van der Waals surface area contributed by atoms with Crippen molar-refractivity contribution in [3.05, 3.63) is 0 Å². The average molecular weight is 139 g/mol. The highest BCUT2D eigenvalue weighted by Gasteiger charge is 2.38. The Morgan fingerprint density at radius 1 is 1.00 bits per heavy atom. The second-order valence-corrected chi connectivity index (χ2v) is 3.96. The molecule has 0 aliphatic heterocycles. The first-order valence-corrected chi connectivity index (χ1v) is 4.63. The van der Waals surface area contributed by atoms with Crippen LogP contribution in [0.4, 0.5) is 0 Å². The van der Waals surface area contributed by atoms with Crippen LogP contribution in [-0.2, 0) is 0 Å². The molecule has 1 nitrogen and oxygen atoms in total. The molecule has 0 radical (unpaired) electrons. The van der Waals surface area contributed by atoms with Crippen LogP contribution in [-0.4, -0.2) is 6.04 Å². The third-order valence-corrected chi connectivity index (χ3v) is 3.34. The molecule has 0 saturated heterocycles. The van der Waals surface area contributed by atoms with E-state index < -0.39 is 0 Å². The minimum Gasteiger partial charge on any atom is -0.327 e. The fourth-order valence-corrected chi connectivity index (χ4v) is 2.60. The van der Waals surface area contributed by atoms with Crippen molar-refractivity contribution in [1.82, 2.24) is 0 Å². The predicted molar refractivity (Wildman–Crippen MR) is 42.7 cm³/mol. The molecule has 0 spiro atoms. The quantitative estimate of drug-likeness (QED) is 0.545. The Hall–Kier alpha value is -0.0400. The van der Waals surface area contributed by atoms with Gasteiger partial charge in [0.25, 0.3) is 0 Å². The van der Waals surface area contributed by atoms with E-state index in [0.717, 1.165) is 11.8 Å². The second-order valence-electron chi connectivity index (χ2n) is 3.96. The summed E-state index contributed by atoms with van der Waals surface area (Å²) in [6.45, 7) is 0. The van der Waals surface area contributed by atoms with E-state index in [0.29, 0.717) is 6.04 Å². The van der Waals surface area contributed by atoms with E-state index in [-0.39, 0.29) is 0 Å². The number of hydrogen-bond donors (Lipinski definition) is 1. The highest BCUT2D eigenvalue weighted by Crippen LogP contribution is 2.42. The Bertz CT molecular complexity index is 122. The Morgan fingerprint density at radius 3 is 2.60 bits per heavy atom. The molecule has 2 aliphatic rings. The molecule has 2 fully saturated rings. The molecule has 3 atom stereocenters. The summed E-state index contributed by atoms with van der Waals surface area (Å²) in [7, 11) is 0. The van der Waals surface area contributed by atoms with Gasteiger partial charge in [-0.2, -0.15) is 0 Å². The van der Waals surface area contributed by atoms with Crippen LogP contribution in [0.25, 0.3) is 0 Å². The maximum atomic E-state index is 5.90. The third-order valence-electron chi connectivity index (χ3n) is 3.34. The van der Waals surface area contributed by atoms with E-state index in [1.807, 2.05) is 0 Å². The largest absolute Gasteiger partial charge is 0.327 e. The van der Waals surface area contributed by atoms with Crippen molar-refractivity contribution in [2.24, 2.45) is 17.6 Å². The lowest BCUT2D eigenvalue weighted by atomic mass is 9.67. The van der Waals surface area contributed by atoms with E-state index in [2.05, 4.69) is 0 Å². The van der Waals surface area contributed by atoms with E-state index >= 15 is 0 Å². The lowest BCUT2D eigenvalue weighted by molar-refractivity contribution is 0.126. The minimum atomic E-state index is 0.572. The van der Waals surface area contributed by atoms with Gasteiger partial charge in [-0.05, 0) is 24.7 Å². The monoisotopic (exact) mass is 139 g/mol. The van der Waals surface area contributed by atoms with Crippen molar-refractivity contribution in [1.29, 1.82) is 0 Å². The molecule has 0 bridgehead atoms. The molecule has 2 rings (SSSR count). The molecular weight excluding hydrogens is 122 g/mol. The van der Waals surface area contributed by atoms with Gasteiger partial charge in [0.05, 0.1) is 0 Å². The summed E-state index contributed by atoms with van der Waals surface area (Å²) in [5.74, 6) is 1.94. The van der Waals surface area contributed by atoms with Gasteiger partial charge in [-0.25, -0.2) is 0 Å². The Balaban J connectivity index is 1.93. The summed E-state index contributed by atoms with van der Waals surface area (Å²) in [5, 5.41) is 0. The van der Waals surface area contributed by atoms with Crippen molar-refractivity contribution in [2.75, 3.05) is 0 Å². The Morgan fingerprint density at radius 2 is 1.80 bits per heavy atom. The topological polar surface area (TPSA) is 26.0 Å². The first-order valence-electron chi connectivity index (χ1n) is 4.63. The smallest absolute Gasteiger partial charge is 0.00725 e. The van der Waals surface area contributed by atoms with Gasteiger partial charge in [-0.15, -0.1) is 0 Å². The summed E-state index contributed by atoms with van der Waals surface area (Å²) in [4.78, 5) is 0. The molecule has 0 aromatic heterocycles. The van der Waals surface area contributed by atoms with Crippen LogP contribution < -0.4 is 5.73 Å². The summed E-state index contributed by atoms with van der Waals surface area (Å²) < 4.78 is 0. The normalized spacial score (nSPS) is 47.1. The van der Waals surface area contributed by atoms with Crippen molar-refractivity contribution in [3.63, 3.8) is 0 Å². The van der Waals surface area contributed by atoms with E-state index in [1.54, 1.807) is 0 Å². The van der Waals surface area contributed by atoms with Crippen molar-refractivity contribution >= 4 is 0 Å². The minimum absolute atomic E-state index is 0.572. The van der Waals surface area contributed by atoms with Gasteiger partial charge in [-0.1, -0.05) is 25.7 Å². The van der Waals surface area contributed by atoms with Crippen molar-refractivity contribution in [3.8, 4) is 0 Å². The molecule has 0 heterocycles. The standard InChI is InChI=1S/C9H17N/c10-9-6-7-4-2-1-3-5-8(7)9/h7-9H,1-6,10H2/t7-,8-,9+/m0/s1. The SMILES string of the molecule is N[C@@H]1C[C@@H]2CCCCC[C@@H]21. The maximum Gasteiger partial charge on any atom is 0.00725 e. The molecule has 58 valence electrons. The fourth-order valence-electron chi connectivity index (χ4n) is 2.60. The lowest BCUT2D eigenvalue weighted by Gasteiger charge is -2.41. The first kappa shape index (κ1) is 6.66. The summed E-state index contributed by atoms with van der Waals surface area (Å²) in [6, 6.07) is 0.572. The van der Waals surface area contributed by atoms with E-state index in [9.17, 15) is 0 Å². The van der Waals surface area contributed by atoms with Crippen LogP contribution in [0.5, 0.6) is 0 Å². The van der Waals surface area contributed by atoms with Gasteiger partial charge in [0, 0.05) is 6.04 Å². The number of rotatable bonds is 0. The number of fused-ring (bicyclic) bond motifs is 1. The molecule has 10 heavy (non-hydrogen) atoms. The van der Waals surface area contributed by atoms with Gasteiger partial charge in [-0.3, -0.25) is 0 Å². The van der Waals surface area contributed by atoms with Crippen LogP contribution in [0.15, 0.2) is 0 Å². The molecule has 0 amide bonds. The summed E-state index contributed by atoms with van der Waals surface area (Å²) in [6.07, 6.45) is 8.58. The van der Waals surface area contributed by atoms with Gasteiger partial charge >= 0.3 is 0 Å².